The number of hydrogen-bond acceptors (Lipinski definition) is 4. The van der Waals surface area contributed by atoms with Gasteiger partial charge in [-0.2, -0.15) is 4.31 Å². The van der Waals surface area contributed by atoms with E-state index in [1.165, 1.54) is 0 Å². The molecule has 0 bridgehead atoms. The Morgan fingerprint density at radius 3 is 2.38 bits per heavy atom. The van der Waals surface area contributed by atoms with Crippen molar-refractivity contribution in [3.63, 3.8) is 0 Å². The van der Waals surface area contributed by atoms with Crippen LogP contribution in [0.2, 0.25) is 0 Å². The van der Waals surface area contributed by atoms with Crippen LogP contribution < -0.4 is 4.74 Å². The van der Waals surface area contributed by atoms with E-state index in [2.05, 4.69) is 6.92 Å². The molecule has 1 aliphatic rings. The molecule has 0 aliphatic carbocycles. The van der Waals surface area contributed by atoms with Gasteiger partial charge in [0.05, 0.1) is 17.4 Å². The van der Waals surface area contributed by atoms with Crippen LogP contribution in [0, 0.1) is 0 Å². The molecule has 128 valence electrons. The zero-order chi connectivity index (χ0) is 17.2. The summed E-state index contributed by atoms with van der Waals surface area (Å²) in [6, 6.07) is 14.8. The molecule has 1 saturated heterocycles. The topological polar surface area (TPSA) is 46.6 Å². The van der Waals surface area contributed by atoms with Crippen molar-refractivity contribution >= 4 is 21.8 Å². The first-order chi connectivity index (χ1) is 11.6. The molecule has 2 aromatic rings. The van der Waals surface area contributed by atoms with Crippen LogP contribution >= 0.6 is 11.8 Å². The van der Waals surface area contributed by atoms with E-state index in [0.717, 1.165) is 29.1 Å². The third kappa shape index (κ3) is 3.31. The third-order valence-electron chi connectivity index (χ3n) is 4.19. The molecule has 0 radical (unpaired) electrons. The summed E-state index contributed by atoms with van der Waals surface area (Å²) >= 11 is 1.65. The Labute approximate surface area is 147 Å². The molecular formula is C18H21NO3S2. The third-order valence-corrected chi connectivity index (χ3v) is 7.46. The van der Waals surface area contributed by atoms with Crippen molar-refractivity contribution in [2.45, 2.75) is 23.6 Å². The molecule has 0 spiro atoms. The van der Waals surface area contributed by atoms with Gasteiger partial charge >= 0.3 is 0 Å². The summed E-state index contributed by atoms with van der Waals surface area (Å²) in [4.78, 5) is 0.362. The quantitative estimate of drug-likeness (QED) is 0.813. The van der Waals surface area contributed by atoms with Crippen molar-refractivity contribution in [2.24, 2.45) is 0 Å². The zero-order valence-corrected chi connectivity index (χ0v) is 15.4. The lowest BCUT2D eigenvalue weighted by Gasteiger charge is -2.23. The Balaban J connectivity index is 1.90. The fraction of sp³-hybridized carbons (Fsp3) is 0.333. The molecule has 0 amide bonds. The molecule has 1 aliphatic heterocycles. The average Bonchev–Trinajstić information content (AvgIpc) is 3.12. The number of benzene rings is 2. The van der Waals surface area contributed by atoms with Crippen molar-refractivity contribution in [3.8, 4) is 5.75 Å². The Bertz CT molecular complexity index is 786. The molecule has 3 rings (SSSR count). The normalized spacial score (nSPS) is 18.7. The van der Waals surface area contributed by atoms with E-state index in [0.29, 0.717) is 11.4 Å². The molecule has 1 atom stereocenters. The molecule has 0 N–H and O–H groups in total. The maximum absolute atomic E-state index is 13.0. The predicted octanol–water partition coefficient (Wildman–Crippen LogP) is 3.69. The Morgan fingerprint density at radius 1 is 1.12 bits per heavy atom. The van der Waals surface area contributed by atoms with Gasteiger partial charge in [-0.1, -0.05) is 31.2 Å². The Morgan fingerprint density at radius 2 is 1.79 bits per heavy atom. The van der Waals surface area contributed by atoms with E-state index in [4.69, 9.17) is 4.74 Å². The summed E-state index contributed by atoms with van der Waals surface area (Å²) in [5.74, 6) is 1.56. The predicted molar refractivity (Wildman–Crippen MR) is 97.9 cm³/mol. The largest absolute Gasteiger partial charge is 0.497 e. The van der Waals surface area contributed by atoms with Gasteiger partial charge in [-0.25, -0.2) is 8.42 Å². The minimum atomic E-state index is -3.50. The number of hydrogen-bond donors (Lipinski definition) is 0. The van der Waals surface area contributed by atoms with Crippen molar-refractivity contribution in [1.29, 1.82) is 0 Å². The van der Waals surface area contributed by atoms with Gasteiger partial charge in [0.25, 0.3) is 0 Å². The maximum atomic E-state index is 13.0. The summed E-state index contributed by atoms with van der Waals surface area (Å²) in [5, 5.41) is -0.188. The molecule has 1 fully saturated rings. The summed E-state index contributed by atoms with van der Waals surface area (Å²) in [6.07, 6.45) is 0.897. The van der Waals surface area contributed by atoms with Crippen LogP contribution in [-0.4, -0.2) is 32.1 Å². The van der Waals surface area contributed by atoms with Crippen molar-refractivity contribution in [2.75, 3.05) is 19.4 Å². The minimum absolute atomic E-state index is 0.188. The molecule has 0 aromatic heterocycles. The molecule has 1 unspecified atom stereocenters. The second kappa shape index (κ2) is 7.17. The number of thioether (sulfide) groups is 1. The van der Waals surface area contributed by atoms with Gasteiger partial charge in [0, 0.05) is 12.3 Å². The van der Waals surface area contributed by atoms with E-state index < -0.39 is 10.0 Å². The molecule has 6 heteroatoms. The van der Waals surface area contributed by atoms with Gasteiger partial charge < -0.3 is 4.74 Å². The highest BCUT2D eigenvalue weighted by atomic mass is 32.2. The van der Waals surface area contributed by atoms with Crippen LogP contribution in [0.25, 0.3) is 0 Å². The highest BCUT2D eigenvalue weighted by molar-refractivity contribution is 8.01. The summed E-state index contributed by atoms with van der Waals surface area (Å²) in [7, 11) is -1.87. The average molecular weight is 364 g/mol. The molecular weight excluding hydrogens is 342 g/mol. The van der Waals surface area contributed by atoms with Crippen molar-refractivity contribution < 1.29 is 13.2 Å². The van der Waals surface area contributed by atoms with Gasteiger partial charge in [-0.05, 0) is 41.8 Å². The fourth-order valence-electron chi connectivity index (χ4n) is 2.76. The molecule has 2 aromatic carbocycles. The monoisotopic (exact) mass is 363 g/mol. The Kier molecular flexibility index (Phi) is 5.18. The summed E-state index contributed by atoms with van der Waals surface area (Å²) < 4.78 is 32.8. The van der Waals surface area contributed by atoms with Crippen LogP contribution in [0.3, 0.4) is 0 Å². The Hall–Kier alpha value is -1.50. The van der Waals surface area contributed by atoms with Crippen LogP contribution in [0.5, 0.6) is 5.75 Å². The van der Waals surface area contributed by atoms with Gasteiger partial charge in [0.2, 0.25) is 10.0 Å². The smallest absolute Gasteiger partial charge is 0.244 e. The highest BCUT2D eigenvalue weighted by Crippen LogP contribution is 2.41. The first-order valence-corrected chi connectivity index (χ1v) is 10.4. The number of rotatable bonds is 5. The maximum Gasteiger partial charge on any atom is 0.244 e. The SMILES string of the molecule is CCc1ccc(S(=O)(=O)N2CCSC2c2ccc(OC)cc2)cc1. The lowest BCUT2D eigenvalue weighted by Crippen LogP contribution is -2.30. The number of ether oxygens (including phenoxy) is 1. The lowest BCUT2D eigenvalue weighted by atomic mass is 10.2. The summed E-state index contributed by atoms with van der Waals surface area (Å²) in [5.41, 5.74) is 2.11. The molecule has 4 nitrogen and oxygen atoms in total. The van der Waals surface area contributed by atoms with Crippen molar-refractivity contribution in [1.82, 2.24) is 4.31 Å². The molecule has 0 saturated carbocycles. The van der Waals surface area contributed by atoms with Crippen molar-refractivity contribution in [3.05, 3.63) is 59.7 Å². The molecule has 24 heavy (non-hydrogen) atoms. The van der Waals surface area contributed by atoms with Crippen LogP contribution in [0.15, 0.2) is 53.4 Å². The second-order valence-electron chi connectivity index (χ2n) is 5.61. The van der Waals surface area contributed by atoms with Gasteiger partial charge in [0.15, 0.2) is 0 Å². The zero-order valence-electron chi connectivity index (χ0n) is 13.8. The van der Waals surface area contributed by atoms with E-state index >= 15 is 0 Å². The standard InChI is InChI=1S/C18H21NO3S2/c1-3-14-4-10-17(11-5-14)24(20,21)19-12-13-23-18(19)15-6-8-16(22-2)9-7-15/h4-11,18H,3,12-13H2,1-2H3. The van der Waals surface area contributed by atoms with E-state index in [-0.39, 0.29) is 5.37 Å². The first kappa shape index (κ1) is 17.3. The summed E-state index contributed by atoms with van der Waals surface area (Å²) in [6.45, 7) is 2.58. The second-order valence-corrected chi connectivity index (χ2v) is 8.69. The molecule has 1 heterocycles. The number of methoxy groups -OCH3 is 1. The lowest BCUT2D eigenvalue weighted by molar-refractivity contribution is 0.413. The van der Waals surface area contributed by atoms with Gasteiger partial charge in [-0.3, -0.25) is 0 Å². The van der Waals surface area contributed by atoms with Gasteiger partial charge in [-0.15, -0.1) is 11.8 Å². The van der Waals surface area contributed by atoms with E-state index in [1.54, 1.807) is 35.3 Å². The van der Waals surface area contributed by atoms with Crippen LogP contribution in [-0.2, 0) is 16.4 Å². The fourth-order valence-corrected chi connectivity index (χ4v) is 6.01. The first-order valence-electron chi connectivity index (χ1n) is 7.92. The van der Waals surface area contributed by atoms with Crippen LogP contribution in [0.4, 0.5) is 0 Å². The van der Waals surface area contributed by atoms with Gasteiger partial charge in [0.1, 0.15) is 5.75 Å². The number of sulfonamides is 1. The number of nitrogens with zero attached hydrogens (tertiary/aromatic N) is 1. The highest BCUT2D eigenvalue weighted by Gasteiger charge is 2.36. The van der Waals surface area contributed by atoms with Crippen LogP contribution in [0.1, 0.15) is 23.4 Å². The van der Waals surface area contributed by atoms with E-state index in [9.17, 15) is 8.42 Å². The minimum Gasteiger partial charge on any atom is -0.497 e. The van der Waals surface area contributed by atoms with E-state index in [1.807, 2.05) is 36.4 Å². The number of aryl methyl sites for hydroxylation is 1.